The van der Waals surface area contributed by atoms with Gasteiger partial charge >= 0.3 is 0 Å². The lowest BCUT2D eigenvalue weighted by Gasteiger charge is -2.28. The maximum absolute atomic E-state index is 5.07. The summed E-state index contributed by atoms with van der Waals surface area (Å²) in [6, 6.07) is 0.455. The second kappa shape index (κ2) is 3.01. The van der Waals surface area contributed by atoms with Gasteiger partial charge in [-0.2, -0.15) is 0 Å². The summed E-state index contributed by atoms with van der Waals surface area (Å²) in [5.41, 5.74) is 0. The first-order valence-corrected chi connectivity index (χ1v) is 3.85. The van der Waals surface area contributed by atoms with Gasteiger partial charge < -0.3 is 10.2 Å². The Morgan fingerprint density at radius 1 is 1.70 bits per heavy atom. The van der Waals surface area contributed by atoms with Crippen molar-refractivity contribution < 1.29 is 0 Å². The molecule has 3 heteroatoms. The van der Waals surface area contributed by atoms with Crippen molar-refractivity contribution in [1.29, 1.82) is 0 Å². The maximum Gasteiger partial charge on any atom is 0.173 e. The predicted octanol–water partition coefficient (Wildman–Crippen LogP) is 1.10. The summed E-state index contributed by atoms with van der Waals surface area (Å²) in [7, 11) is 0. The fourth-order valence-electron chi connectivity index (χ4n) is 0.878. The summed E-state index contributed by atoms with van der Waals surface area (Å²) >= 11 is 5.07. The first-order valence-electron chi connectivity index (χ1n) is 3.44. The molecule has 0 bridgehead atoms. The van der Waals surface area contributed by atoms with Crippen molar-refractivity contribution in [3.63, 3.8) is 0 Å². The number of nitrogens with zero attached hydrogens (tertiary/aromatic N) is 1. The van der Waals surface area contributed by atoms with Gasteiger partial charge in [-0.1, -0.05) is 0 Å². The van der Waals surface area contributed by atoms with E-state index in [-0.39, 0.29) is 0 Å². The molecular weight excluding hydrogens is 144 g/mol. The highest BCUT2D eigenvalue weighted by Crippen LogP contribution is 2.02. The molecule has 0 saturated heterocycles. The summed E-state index contributed by atoms with van der Waals surface area (Å²) in [6.07, 6.45) is 4.10. The third kappa shape index (κ3) is 1.48. The molecule has 0 saturated carbocycles. The Morgan fingerprint density at radius 2 is 2.40 bits per heavy atom. The minimum absolute atomic E-state index is 0.455. The van der Waals surface area contributed by atoms with E-state index in [0.717, 1.165) is 11.7 Å². The summed E-state index contributed by atoms with van der Waals surface area (Å²) in [6.45, 7) is 5.09. The average molecular weight is 156 g/mol. The second-order valence-corrected chi connectivity index (χ2v) is 2.96. The van der Waals surface area contributed by atoms with E-state index in [1.54, 1.807) is 0 Å². The van der Waals surface area contributed by atoms with Gasteiger partial charge in [0.05, 0.1) is 0 Å². The number of rotatable bonds is 1. The van der Waals surface area contributed by atoms with Crippen molar-refractivity contribution in [3.05, 3.63) is 12.3 Å². The van der Waals surface area contributed by atoms with Crippen LogP contribution in [0.5, 0.6) is 0 Å². The quantitative estimate of drug-likeness (QED) is 0.572. The van der Waals surface area contributed by atoms with E-state index in [2.05, 4.69) is 25.2 Å². The lowest BCUT2D eigenvalue weighted by Crippen LogP contribution is -2.43. The summed E-state index contributed by atoms with van der Waals surface area (Å²) < 4.78 is 0. The van der Waals surface area contributed by atoms with E-state index in [0.29, 0.717) is 6.04 Å². The zero-order valence-corrected chi connectivity index (χ0v) is 7.11. The van der Waals surface area contributed by atoms with E-state index in [4.69, 9.17) is 12.2 Å². The highest BCUT2D eigenvalue weighted by molar-refractivity contribution is 7.80. The van der Waals surface area contributed by atoms with E-state index in [1.807, 2.05) is 11.1 Å². The van der Waals surface area contributed by atoms with Gasteiger partial charge in [0.15, 0.2) is 5.11 Å². The molecule has 56 valence electrons. The summed E-state index contributed by atoms with van der Waals surface area (Å²) in [5.74, 6) is 0. The smallest absolute Gasteiger partial charge is 0.173 e. The van der Waals surface area contributed by atoms with Gasteiger partial charge in [0, 0.05) is 18.8 Å². The summed E-state index contributed by atoms with van der Waals surface area (Å²) in [4.78, 5) is 2.04. The van der Waals surface area contributed by atoms with Crippen LogP contribution in [-0.4, -0.2) is 22.6 Å². The van der Waals surface area contributed by atoms with Gasteiger partial charge in [0.25, 0.3) is 0 Å². The predicted molar refractivity (Wildman–Crippen MR) is 46.7 cm³/mol. The van der Waals surface area contributed by atoms with Crippen LogP contribution >= 0.6 is 12.2 Å². The van der Waals surface area contributed by atoms with Crippen LogP contribution in [0.25, 0.3) is 0 Å². The third-order valence-corrected chi connectivity index (χ3v) is 1.78. The van der Waals surface area contributed by atoms with E-state index >= 15 is 0 Å². The molecule has 0 aliphatic carbocycles. The topological polar surface area (TPSA) is 15.3 Å². The Bertz CT molecular complexity index is 163. The van der Waals surface area contributed by atoms with Crippen LogP contribution in [-0.2, 0) is 0 Å². The Morgan fingerprint density at radius 3 is 2.80 bits per heavy atom. The average Bonchev–Trinajstić information content (AvgIpc) is 1.88. The maximum atomic E-state index is 5.07. The molecule has 0 radical (unpaired) electrons. The third-order valence-electron chi connectivity index (χ3n) is 1.43. The van der Waals surface area contributed by atoms with E-state index < -0.39 is 0 Å². The number of nitrogens with one attached hydrogen (secondary N) is 1. The highest BCUT2D eigenvalue weighted by Gasteiger charge is 2.11. The van der Waals surface area contributed by atoms with Crippen LogP contribution < -0.4 is 5.32 Å². The standard InChI is InChI=1S/C7H12N2S/c1-6(2)9-5-3-4-8-7(9)10/h3,5-6H,4H2,1-2H3,(H,8,10). The van der Waals surface area contributed by atoms with Gasteiger partial charge in [0.1, 0.15) is 0 Å². The molecule has 0 amide bonds. The van der Waals surface area contributed by atoms with Crippen molar-refractivity contribution in [1.82, 2.24) is 10.2 Å². The molecule has 0 aromatic carbocycles. The minimum Gasteiger partial charge on any atom is -0.359 e. The van der Waals surface area contributed by atoms with Gasteiger partial charge in [-0.05, 0) is 32.1 Å². The Balaban J connectivity index is 2.64. The van der Waals surface area contributed by atoms with Crippen molar-refractivity contribution >= 4 is 17.3 Å². The van der Waals surface area contributed by atoms with Crippen LogP contribution in [0, 0.1) is 0 Å². The molecule has 1 aliphatic heterocycles. The van der Waals surface area contributed by atoms with Crippen molar-refractivity contribution in [2.75, 3.05) is 6.54 Å². The Labute approximate surface area is 66.9 Å². The lowest BCUT2D eigenvalue weighted by molar-refractivity contribution is 0.443. The molecule has 0 atom stereocenters. The zero-order chi connectivity index (χ0) is 7.56. The lowest BCUT2D eigenvalue weighted by atomic mass is 10.3. The van der Waals surface area contributed by atoms with Crippen LogP contribution in [0.15, 0.2) is 12.3 Å². The van der Waals surface area contributed by atoms with Crippen LogP contribution in [0.2, 0.25) is 0 Å². The van der Waals surface area contributed by atoms with Gasteiger partial charge in [0.2, 0.25) is 0 Å². The molecule has 0 aromatic heterocycles. The van der Waals surface area contributed by atoms with Crippen LogP contribution in [0.4, 0.5) is 0 Å². The molecule has 0 unspecified atom stereocenters. The first-order chi connectivity index (χ1) is 4.72. The van der Waals surface area contributed by atoms with Crippen LogP contribution in [0.1, 0.15) is 13.8 Å². The van der Waals surface area contributed by atoms with Gasteiger partial charge in [-0.3, -0.25) is 0 Å². The highest BCUT2D eigenvalue weighted by atomic mass is 32.1. The van der Waals surface area contributed by atoms with Gasteiger partial charge in [-0.25, -0.2) is 0 Å². The molecule has 1 rings (SSSR count). The largest absolute Gasteiger partial charge is 0.359 e. The fraction of sp³-hybridized carbons (Fsp3) is 0.571. The Hall–Kier alpha value is -0.570. The van der Waals surface area contributed by atoms with Crippen molar-refractivity contribution in [3.8, 4) is 0 Å². The van der Waals surface area contributed by atoms with Crippen molar-refractivity contribution in [2.24, 2.45) is 0 Å². The van der Waals surface area contributed by atoms with Gasteiger partial charge in [-0.15, -0.1) is 0 Å². The molecule has 0 fully saturated rings. The molecular formula is C7H12N2S. The molecule has 1 N–H and O–H groups in total. The molecule has 0 spiro atoms. The number of thiocarbonyl (C=S) groups is 1. The zero-order valence-electron chi connectivity index (χ0n) is 6.29. The number of hydrogen-bond acceptors (Lipinski definition) is 1. The second-order valence-electron chi connectivity index (χ2n) is 2.57. The molecule has 10 heavy (non-hydrogen) atoms. The van der Waals surface area contributed by atoms with Crippen molar-refractivity contribution in [2.45, 2.75) is 19.9 Å². The summed E-state index contributed by atoms with van der Waals surface area (Å²) in [5, 5.41) is 3.92. The van der Waals surface area contributed by atoms with E-state index in [9.17, 15) is 0 Å². The normalized spacial score (nSPS) is 17.9. The SMILES string of the molecule is CC(C)N1C=CCNC1=S. The minimum atomic E-state index is 0.455. The molecule has 1 heterocycles. The molecule has 1 aliphatic rings. The molecule has 2 nitrogen and oxygen atoms in total. The fourth-order valence-corrected chi connectivity index (χ4v) is 1.23. The van der Waals surface area contributed by atoms with Crippen LogP contribution in [0.3, 0.4) is 0 Å². The first kappa shape index (κ1) is 7.54. The molecule has 0 aromatic rings. The monoisotopic (exact) mass is 156 g/mol. The number of hydrogen-bond donors (Lipinski definition) is 1. The van der Waals surface area contributed by atoms with E-state index in [1.165, 1.54) is 0 Å². The Kier molecular flexibility index (Phi) is 2.27.